The van der Waals surface area contributed by atoms with Crippen molar-refractivity contribution in [1.29, 1.82) is 0 Å². The van der Waals surface area contributed by atoms with E-state index >= 15 is 0 Å². The molecule has 0 aliphatic heterocycles. The number of methoxy groups -OCH3 is 3. The topological polar surface area (TPSA) is 82.1 Å². The number of esters is 3. The van der Waals surface area contributed by atoms with Gasteiger partial charge in [-0.1, -0.05) is 36.4 Å². The van der Waals surface area contributed by atoms with Gasteiger partial charge in [-0.3, -0.25) is 0 Å². The molecular weight excluding hydrogens is 470 g/mol. The molecule has 3 aromatic carbocycles. The number of rotatable bonds is 9. The number of anilines is 3. The van der Waals surface area contributed by atoms with E-state index in [4.69, 9.17) is 0 Å². The second kappa shape index (κ2) is 13.3. The number of hydrogen-bond donors (Lipinski definition) is 0. The summed E-state index contributed by atoms with van der Waals surface area (Å²) in [4.78, 5) is 36.3. The van der Waals surface area contributed by atoms with E-state index in [-0.39, 0.29) is 0 Å². The van der Waals surface area contributed by atoms with Crippen LogP contribution in [0.5, 0.6) is 0 Å². The van der Waals surface area contributed by atoms with Gasteiger partial charge >= 0.3 is 17.9 Å². The molecule has 0 fully saturated rings. The highest BCUT2D eigenvalue weighted by molar-refractivity contribution is 5.88. The van der Waals surface area contributed by atoms with Crippen LogP contribution >= 0.6 is 0 Å². The van der Waals surface area contributed by atoms with Crippen LogP contribution in [-0.2, 0) is 28.6 Å². The minimum atomic E-state index is -0.423. The van der Waals surface area contributed by atoms with Gasteiger partial charge in [-0.05, 0) is 71.3 Å². The van der Waals surface area contributed by atoms with E-state index in [1.54, 1.807) is 18.2 Å². The first-order chi connectivity index (χ1) is 17.9. The second-order valence-electron chi connectivity index (χ2n) is 7.68. The summed E-state index contributed by atoms with van der Waals surface area (Å²) >= 11 is 0. The van der Waals surface area contributed by atoms with Crippen molar-refractivity contribution in [3.63, 3.8) is 0 Å². The number of nitrogens with zero attached hydrogens (tertiary/aromatic N) is 1. The van der Waals surface area contributed by atoms with Crippen molar-refractivity contribution >= 4 is 53.2 Å². The zero-order chi connectivity index (χ0) is 26.6. The maximum atomic E-state index is 11.4. The van der Waals surface area contributed by atoms with E-state index in [0.717, 1.165) is 33.8 Å². The molecule has 37 heavy (non-hydrogen) atoms. The van der Waals surface area contributed by atoms with Crippen LogP contribution in [-0.4, -0.2) is 39.2 Å². The molecule has 0 aliphatic rings. The Labute approximate surface area is 215 Å². The Hall–Kier alpha value is -4.91. The fourth-order valence-corrected chi connectivity index (χ4v) is 3.35. The predicted molar refractivity (Wildman–Crippen MR) is 144 cm³/mol. The Bertz CT molecular complexity index is 1140. The van der Waals surface area contributed by atoms with E-state index in [1.165, 1.54) is 39.6 Å². The molecule has 0 spiro atoms. The molecule has 0 radical (unpaired) electrons. The first-order valence-electron chi connectivity index (χ1n) is 11.3. The van der Waals surface area contributed by atoms with E-state index in [2.05, 4.69) is 19.1 Å². The Morgan fingerprint density at radius 2 is 0.730 bits per heavy atom. The predicted octanol–water partition coefficient (Wildman–Crippen LogP) is 5.72. The molecule has 0 saturated carbocycles. The van der Waals surface area contributed by atoms with Gasteiger partial charge in [0.15, 0.2) is 0 Å². The lowest BCUT2D eigenvalue weighted by molar-refractivity contribution is -0.135. The quantitative estimate of drug-likeness (QED) is 0.213. The molecule has 0 bridgehead atoms. The zero-order valence-corrected chi connectivity index (χ0v) is 20.8. The van der Waals surface area contributed by atoms with Gasteiger partial charge in [0.2, 0.25) is 0 Å². The van der Waals surface area contributed by atoms with Crippen LogP contribution < -0.4 is 4.90 Å². The standard InChI is InChI=1S/C30H27NO6/c1-35-28(32)19-10-22-4-13-25(14-5-22)31(26-15-6-23(7-16-26)11-20-29(33)36-2)27-17-8-24(9-18-27)12-21-30(34)37-3/h4-21H,1-3H3. The smallest absolute Gasteiger partial charge is 0.330 e. The molecule has 0 atom stereocenters. The van der Waals surface area contributed by atoms with Crippen molar-refractivity contribution < 1.29 is 28.6 Å². The minimum absolute atomic E-state index is 0.423. The maximum absolute atomic E-state index is 11.4. The van der Waals surface area contributed by atoms with Crippen LogP contribution in [0.4, 0.5) is 17.1 Å². The van der Waals surface area contributed by atoms with Crippen LogP contribution in [0.25, 0.3) is 18.2 Å². The molecule has 188 valence electrons. The molecule has 0 N–H and O–H groups in total. The lowest BCUT2D eigenvalue weighted by Crippen LogP contribution is -2.09. The summed E-state index contributed by atoms with van der Waals surface area (Å²) in [5.74, 6) is -1.27. The molecule has 0 amide bonds. The summed E-state index contributed by atoms with van der Waals surface area (Å²) in [6, 6.07) is 23.1. The maximum Gasteiger partial charge on any atom is 0.330 e. The van der Waals surface area contributed by atoms with Gasteiger partial charge in [-0.15, -0.1) is 0 Å². The third kappa shape index (κ3) is 7.80. The summed E-state index contributed by atoms with van der Waals surface area (Å²) in [6.45, 7) is 0. The average molecular weight is 498 g/mol. The Morgan fingerprint density at radius 3 is 0.946 bits per heavy atom. The van der Waals surface area contributed by atoms with Crippen LogP contribution in [0.1, 0.15) is 16.7 Å². The monoisotopic (exact) mass is 497 g/mol. The highest BCUT2D eigenvalue weighted by atomic mass is 16.5. The highest BCUT2D eigenvalue weighted by Gasteiger charge is 2.12. The van der Waals surface area contributed by atoms with Gasteiger partial charge in [0.05, 0.1) is 21.3 Å². The number of ether oxygens (including phenoxy) is 3. The first-order valence-corrected chi connectivity index (χ1v) is 11.3. The second-order valence-corrected chi connectivity index (χ2v) is 7.68. The van der Waals surface area contributed by atoms with Gasteiger partial charge in [-0.25, -0.2) is 14.4 Å². The van der Waals surface area contributed by atoms with Gasteiger partial charge in [-0.2, -0.15) is 0 Å². The largest absolute Gasteiger partial charge is 0.466 e. The highest BCUT2D eigenvalue weighted by Crippen LogP contribution is 2.35. The number of carbonyl (C=O) groups is 3. The molecule has 0 saturated heterocycles. The Morgan fingerprint density at radius 1 is 0.486 bits per heavy atom. The molecular formula is C30H27NO6. The summed E-state index contributed by atoms with van der Waals surface area (Å²) in [5, 5.41) is 0. The van der Waals surface area contributed by atoms with Crippen molar-refractivity contribution in [2.75, 3.05) is 26.2 Å². The molecule has 3 rings (SSSR count). The average Bonchev–Trinajstić information content (AvgIpc) is 2.95. The number of benzene rings is 3. The zero-order valence-electron chi connectivity index (χ0n) is 20.8. The van der Waals surface area contributed by atoms with Crippen LogP contribution in [0, 0.1) is 0 Å². The molecule has 0 aromatic heterocycles. The van der Waals surface area contributed by atoms with Crippen LogP contribution in [0.2, 0.25) is 0 Å². The van der Waals surface area contributed by atoms with Gasteiger partial charge in [0.1, 0.15) is 0 Å². The summed E-state index contributed by atoms with van der Waals surface area (Å²) in [7, 11) is 4.00. The molecule has 0 unspecified atom stereocenters. The summed E-state index contributed by atoms with van der Waals surface area (Å²) in [5.41, 5.74) is 5.23. The van der Waals surface area contributed by atoms with E-state index < -0.39 is 17.9 Å². The number of carbonyl (C=O) groups excluding carboxylic acids is 3. The lowest BCUT2D eigenvalue weighted by atomic mass is 10.1. The first kappa shape index (κ1) is 26.7. The van der Waals surface area contributed by atoms with E-state index in [0.29, 0.717) is 0 Å². The van der Waals surface area contributed by atoms with Crippen LogP contribution in [0.3, 0.4) is 0 Å². The fourth-order valence-electron chi connectivity index (χ4n) is 3.35. The van der Waals surface area contributed by atoms with Gasteiger partial charge in [0.25, 0.3) is 0 Å². The van der Waals surface area contributed by atoms with Crippen molar-refractivity contribution in [3.8, 4) is 0 Å². The van der Waals surface area contributed by atoms with Crippen molar-refractivity contribution in [2.24, 2.45) is 0 Å². The van der Waals surface area contributed by atoms with Crippen molar-refractivity contribution in [1.82, 2.24) is 0 Å². The van der Waals surface area contributed by atoms with E-state index in [9.17, 15) is 14.4 Å². The summed E-state index contributed by atoms with van der Waals surface area (Å²) in [6.07, 6.45) is 9.16. The van der Waals surface area contributed by atoms with E-state index in [1.807, 2.05) is 72.8 Å². The third-order valence-corrected chi connectivity index (χ3v) is 5.29. The normalized spacial score (nSPS) is 11.1. The fraction of sp³-hybridized carbons (Fsp3) is 0.100. The Balaban J connectivity index is 1.95. The Kier molecular flexibility index (Phi) is 9.56. The molecule has 0 aliphatic carbocycles. The molecule has 7 nitrogen and oxygen atoms in total. The third-order valence-electron chi connectivity index (χ3n) is 5.29. The van der Waals surface area contributed by atoms with Crippen molar-refractivity contribution in [3.05, 3.63) is 108 Å². The van der Waals surface area contributed by atoms with Crippen LogP contribution in [0.15, 0.2) is 91.0 Å². The van der Waals surface area contributed by atoms with Crippen molar-refractivity contribution in [2.45, 2.75) is 0 Å². The van der Waals surface area contributed by atoms with Gasteiger partial charge < -0.3 is 19.1 Å². The lowest BCUT2D eigenvalue weighted by Gasteiger charge is -2.26. The number of hydrogen-bond acceptors (Lipinski definition) is 7. The SMILES string of the molecule is COC(=O)C=Cc1ccc(N(c2ccc(C=CC(=O)OC)cc2)c2ccc(C=CC(=O)OC)cc2)cc1. The molecule has 3 aromatic rings. The summed E-state index contributed by atoms with van der Waals surface area (Å²) < 4.78 is 13.9. The molecule has 7 heteroatoms. The van der Waals surface area contributed by atoms with Gasteiger partial charge in [0, 0.05) is 35.3 Å². The molecule has 0 heterocycles. The minimum Gasteiger partial charge on any atom is -0.466 e.